The fraction of sp³-hybridized carbons (Fsp3) is 0.273. The first-order chi connectivity index (χ1) is 14.1. The lowest BCUT2D eigenvalue weighted by Gasteiger charge is -2.12. The molecule has 7 heteroatoms. The van der Waals surface area contributed by atoms with Gasteiger partial charge in [0.1, 0.15) is 22.5 Å². The summed E-state index contributed by atoms with van der Waals surface area (Å²) < 4.78 is 5.94. The predicted octanol–water partition coefficient (Wildman–Crippen LogP) is 4.00. The molecule has 2 aromatic carbocycles. The SMILES string of the molecule is CCc1cccc(C(=O)c2sc(Nc3ccc(OC4CCNC4)cc3)nc2N)c1. The molecule has 0 saturated carbocycles. The first-order valence-corrected chi connectivity index (χ1v) is 10.6. The van der Waals surface area contributed by atoms with Gasteiger partial charge in [0.05, 0.1) is 0 Å². The van der Waals surface area contributed by atoms with E-state index in [-0.39, 0.29) is 17.7 Å². The van der Waals surface area contributed by atoms with Crippen LogP contribution in [0.4, 0.5) is 16.6 Å². The zero-order chi connectivity index (χ0) is 20.2. The number of ether oxygens (including phenoxy) is 1. The Morgan fingerprint density at radius 3 is 2.86 bits per heavy atom. The fourth-order valence-corrected chi connectivity index (χ4v) is 4.14. The summed E-state index contributed by atoms with van der Waals surface area (Å²) >= 11 is 1.26. The number of rotatable bonds is 7. The highest BCUT2D eigenvalue weighted by Crippen LogP contribution is 2.30. The van der Waals surface area contributed by atoms with Gasteiger partial charge < -0.3 is 21.1 Å². The monoisotopic (exact) mass is 408 g/mol. The molecule has 4 N–H and O–H groups in total. The smallest absolute Gasteiger partial charge is 0.206 e. The first-order valence-electron chi connectivity index (χ1n) is 9.77. The van der Waals surface area contributed by atoms with Gasteiger partial charge in [-0.25, -0.2) is 4.98 Å². The van der Waals surface area contributed by atoms with E-state index < -0.39 is 0 Å². The van der Waals surface area contributed by atoms with Crippen molar-refractivity contribution in [3.05, 3.63) is 64.5 Å². The maximum absolute atomic E-state index is 12.9. The standard InChI is InChI=1S/C22H24N4O2S/c1-2-14-4-3-5-15(12-14)19(27)20-21(23)26-22(29-20)25-16-6-8-17(9-7-16)28-18-10-11-24-13-18/h3-9,12,18,24H,2,10-11,13,23H2,1H3,(H,25,26). The van der Waals surface area contributed by atoms with Crippen molar-refractivity contribution in [1.29, 1.82) is 0 Å². The van der Waals surface area contributed by atoms with E-state index in [4.69, 9.17) is 10.5 Å². The average molecular weight is 409 g/mol. The number of anilines is 3. The van der Waals surface area contributed by atoms with E-state index in [9.17, 15) is 4.79 Å². The molecule has 6 nitrogen and oxygen atoms in total. The molecule has 2 heterocycles. The molecule has 0 amide bonds. The summed E-state index contributed by atoms with van der Waals surface area (Å²) in [5, 5.41) is 7.10. The second kappa shape index (κ2) is 8.63. The predicted molar refractivity (Wildman–Crippen MR) is 117 cm³/mol. The Kier molecular flexibility index (Phi) is 5.78. The summed E-state index contributed by atoms with van der Waals surface area (Å²) in [5.74, 6) is 0.991. The van der Waals surface area contributed by atoms with Crippen molar-refractivity contribution in [3.8, 4) is 5.75 Å². The molecule has 0 aliphatic carbocycles. The van der Waals surface area contributed by atoms with Crippen LogP contribution in [0.5, 0.6) is 5.75 Å². The Morgan fingerprint density at radius 1 is 1.31 bits per heavy atom. The number of nitrogens with zero attached hydrogens (tertiary/aromatic N) is 1. The van der Waals surface area contributed by atoms with Crippen molar-refractivity contribution in [2.24, 2.45) is 0 Å². The minimum absolute atomic E-state index is 0.0997. The third-order valence-electron chi connectivity index (χ3n) is 4.88. The molecule has 1 unspecified atom stereocenters. The van der Waals surface area contributed by atoms with Crippen LogP contribution in [0, 0.1) is 0 Å². The summed E-state index contributed by atoms with van der Waals surface area (Å²) in [6.45, 7) is 3.95. The van der Waals surface area contributed by atoms with E-state index in [1.807, 2.05) is 48.5 Å². The van der Waals surface area contributed by atoms with E-state index >= 15 is 0 Å². The second-order valence-electron chi connectivity index (χ2n) is 7.00. The van der Waals surface area contributed by atoms with Crippen molar-refractivity contribution in [2.45, 2.75) is 25.9 Å². The number of hydrogen-bond donors (Lipinski definition) is 3. The molecule has 3 aromatic rings. The van der Waals surface area contributed by atoms with E-state index in [1.165, 1.54) is 11.3 Å². The van der Waals surface area contributed by atoms with Crippen LogP contribution < -0.4 is 21.1 Å². The molecule has 4 rings (SSSR count). The van der Waals surface area contributed by atoms with E-state index in [2.05, 4.69) is 22.5 Å². The zero-order valence-electron chi connectivity index (χ0n) is 16.3. The van der Waals surface area contributed by atoms with Gasteiger partial charge in [-0.2, -0.15) is 0 Å². The molecular weight excluding hydrogens is 384 g/mol. The van der Waals surface area contributed by atoms with Crippen LogP contribution in [0.25, 0.3) is 0 Å². The molecule has 1 aromatic heterocycles. The summed E-state index contributed by atoms with van der Waals surface area (Å²) in [7, 11) is 0. The van der Waals surface area contributed by atoms with Crippen LogP contribution in [0.3, 0.4) is 0 Å². The number of nitrogens with two attached hydrogens (primary N) is 1. The minimum Gasteiger partial charge on any atom is -0.489 e. The number of aryl methyl sites for hydroxylation is 1. The number of benzene rings is 2. The van der Waals surface area contributed by atoms with Gasteiger partial charge in [-0.3, -0.25) is 4.79 Å². The zero-order valence-corrected chi connectivity index (χ0v) is 17.1. The normalized spacial score (nSPS) is 16.0. The summed E-state index contributed by atoms with van der Waals surface area (Å²) in [6, 6.07) is 15.4. The number of carbonyl (C=O) groups is 1. The molecule has 1 saturated heterocycles. The lowest BCUT2D eigenvalue weighted by molar-refractivity contribution is 0.104. The summed E-state index contributed by atoms with van der Waals surface area (Å²) in [4.78, 5) is 17.6. The molecule has 1 aliphatic rings. The van der Waals surface area contributed by atoms with Gasteiger partial charge >= 0.3 is 0 Å². The maximum Gasteiger partial charge on any atom is 0.206 e. The molecule has 1 aliphatic heterocycles. The van der Waals surface area contributed by atoms with Gasteiger partial charge in [0, 0.05) is 17.8 Å². The van der Waals surface area contributed by atoms with E-state index in [1.54, 1.807) is 0 Å². The minimum atomic E-state index is -0.0997. The number of nitrogens with one attached hydrogen (secondary N) is 2. The second-order valence-corrected chi connectivity index (χ2v) is 8.00. The van der Waals surface area contributed by atoms with Crippen LogP contribution in [0.15, 0.2) is 48.5 Å². The third kappa shape index (κ3) is 4.58. The third-order valence-corrected chi connectivity index (χ3v) is 5.87. The van der Waals surface area contributed by atoms with Crippen LogP contribution in [0.2, 0.25) is 0 Å². The number of hydrogen-bond acceptors (Lipinski definition) is 7. The largest absolute Gasteiger partial charge is 0.489 e. The number of aromatic nitrogens is 1. The molecule has 29 heavy (non-hydrogen) atoms. The van der Waals surface area contributed by atoms with Gasteiger partial charge in [-0.05, 0) is 55.3 Å². The molecular formula is C22H24N4O2S. The summed E-state index contributed by atoms with van der Waals surface area (Å²) in [5.41, 5.74) is 8.65. The van der Waals surface area contributed by atoms with Gasteiger partial charge in [-0.1, -0.05) is 36.5 Å². The topological polar surface area (TPSA) is 89.3 Å². The Hall–Kier alpha value is -2.90. The molecule has 150 valence electrons. The van der Waals surface area contributed by atoms with Crippen molar-refractivity contribution in [1.82, 2.24) is 10.3 Å². The van der Waals surface area contributed by atoms with Crippen LogP contribution in [0.1, 0.15) is 34.1 Å². The van der Waals surface area contributed by atoms with Crippen LogP contribution in [-0.4, -0.2) is 30.0 Å². The van der Waals surface area contributed by atoms with E-state index in [0.29, 0.717) is 15.6 Å². The summed E-state index contributed by atoms with van der Waals surface area (Å²) in [6.07, 6.45) is 2.13. The quantitative estimate of drug-likeness (QED) is 0.512. The number of nitrogen functional groups attached to an aromatic ring is 1. The Labute approximate surface area is 174 Å². The average Bonchev–Trinajstić information content (AvgIpc) is 3.38. The highest BCUT2D eigenvalue weighted by Gasteiger charge is 2.19. The van der Waals surface area contributed by atoms with Crippen molar-refractivity contribution in [2.75, 3.05) is 24.1 Å². The van der Waals surface area contributed by atoms with E-state index in [0.717, 1.165) is 42.9 Å². The number of ketones is 1. The highest BCUT2D eigenvalue weighted by atomic mass is 32.1. The van der Waals surface area contributed by atoms with Gasteiger partial charge in [0.15, 0.2) is 5.13 Å². The molecule has 1 atom stereocenters. The molecule has 0 spiro atoms. The van der Waals surface area contributed by atoms with Gasteiger partial charge in [0.25, 0.3) is 0 Å². The maximum atomic E-state index is 12.9. The number of thiazole rings is 1. The lowest BCUT2D eigenvalue weighted by Crippen LogP contribution is -2.19. The molecule has 0 bridgehead atoms. The van der Waals surface area contributed by atoms with Crippen LogP contribution in [-0.2, 0) is 6.42 Å². The first kappa shape index (κ1) is 19.4. The van der Waals surface area contributed by atoms with Crippen molar-refractivity contribution >= 4 is 33.8 Å². The highest BCUT2D eigenvalue weighted by molar-refractivity contribution is 7.18. The van der Waals surface area contributed by atoms with Gasteiger partial charge in [0.2, 0.25) is 5.78 Å². The van der Waals surface area contributed by atoms with Crippen molar-refractivity contribution < 1.29 is 9.53 Å². The molecule has 1 fully saturated rings. The fourth-order valence-electron chi connectivity index (χ4n) is 3.27. The van der Waals surface area contributed by atoms with Crippen LogP contribution >= 0.6 is 11.3 Å². The lowest BCUT2D eigenvalue weighted by atomic mass is 10.1. The number of carbonyl (C=O) groups excluding carboxylic acids is 1. The Bertz CT molecular complexity index is 994. The Morgan fingerprint density at radius 2 is 2.14 bits per heavy atom. The molecule has 0 radical (unpaired) electrons. The Balaban J connectivity index is 1.45. The van der Waals surface area contributed by atoms with Crippen molar-refractivity contribution in [3.63, 3.8) is 0 Å². The van der Waals surface area contributed by atoms with Gasteiger partial charge in [-0.15, -0.1) is 0 Å².